The lowest BCUT2D eigenvalue weighted by Crippen LogP contribution is -2.37. The zero-order valence-corrected chi connectivity index (χ0v) is 15.6. The molecule has 2 aromatic heterocycles. The third-order valence-electron chi connectivity index (χ3n) is 5.02. The van der Waals surface area contributed by atoms with Crippen LogP contribution in [0.5, 0.6) is 0 Å². The monoisotopic (exact) mass is 335 g/mol. The van der Waals surface area contributed by atoms with Crippen molar-refractivity contribution in [2.45, 2.75) is 33.2 Å². The van der Waals surface area contributed by atoms with Crippen molar-refractivity contribution in [3.8, 4) is 0 Å². The van der Waals surface area contributed by atoms with Crippen molar-refractivity contribution in [2.24, 2.45) is 7.05 Å². The molecule has 0 fully saturated rings. The van der Waals surface area contributed by atoms with E-state index in [0.29, 0.717) is 0 Å². The lowest BCUT2D eigenvalue weighted by molar-refractivity contribution is 0.0733. The molecule has 3 rings (SSSR count). The summed E-state index contributed by atoms with van der Waals surface area (Å²) in [5.74, 6) is 0.0530. The number of carbonyl (C=O) groups is 1. The Morgan fingerprint density at radius 2 is 2.00 bits per heavy atom. The summed E-state index contributed by atoms with van der Waals surface area (Å²) < 4.78 is 2.01. The Bertz CT molecular complexity index is 912. The zero-order chi connectivity index (χ0) is 18.1. The van der Waals surface area contributed by atoms with Crippen LogP contribution in [0.4, 0.5) is 0 Å². The number of pyridine rings is 1. The molecule has 1 atom stereocenters. The minimum Gasteiger partial charge on any atom is -0.339 e. The van der Waals surface area contributed by atoms with Crippen molar-refractivity contribution in [2.75, 3.05) is 7.05 Å². The first-order valence-corrected chi connectivity index (χ1v) is 8.63. The Balaban J connectivity index is 1.91. The molecular formula is C21H25N3O. The maximum Gasteiger partial charge on any atom is 0.270 e. The van der Waals surface area contributed by atoms with E-state index in [4.69, 9.17) is 0 Å². The van der Waals surface area contributed by atoms with Crippen LogP contribution in [-0.4, -0.2) is 33.4 Å². The molecule has 1 amide bonds. The maximum absolute atomic E-state index is 13.2. The molecule has 0 saturated heterocycles. The Morgan fingerprint density at radius 3 is 2.68 bits per heavy atom. The van der Waals surface area contributed by atoms with Gasteiger partial charge in [-0.25, -0.2) is 0 Å². The molecule has 4 nitrogen and oxygen atoms in total. The number of aryl methyl sites for hydroxylation is 3. The second kappa shape index (κ2) is 6.71. The topological polar surface area (TPSA) is 38.1 Å². The molecule has 1 unspecified atom stereocenters. The zero-order valence-electron chi connectivity index (χ0n) is 15.6. The summed E-state index contributed by atoms with van der Waals surface area (Å²) in [5.41, 5.74) is 5.10. The summed E-state index contributed by atoms with van der Waals surface area (Å²) in [5, 5.41) is 1.15. The number of nitrogens with zero attached hydrogens (tertiary/aromatic N) is 3. The van der Waals surface area contributed by atoms with E-state index in [-0.39, 0.29) is 11.9 Å². The smallest absolute Gasteiger partial charge is 0.270 e. The first-order valence-electron chi connectivity index (χ1n) is 8.63. The molecule has 0 N–H and O–H groups in total. The van der Waals surface area contributed by atoms with E-state index >= 15 is 0 Å². The molecule has 0 saturated carbocycles. The summed E-state index contributed by atoms with van der Waals surface area (Å²) in [6.45, 7) is 6.18. The fourth-order valence-corrected chi connectivity index (χ4v) is 3.37. The molecule has 0 aliphatic rings. The molecule has 1 aromatic carbocycles. The number of fused-ring (bicyclic) bond motifs is 1. The lowest BCUT2D eigenvalue weighted by Gasteiger charge is -2.25. The molecular weight excluding hydrogens is 310 g/mol. The summed E-state index contributed by atoms with van der Waals surface area (Å²) in [6, 6.07) is 12.3. The van der Waals surface area contributed by atoms with Crippen molar-refractivity contribution >= 4 is 16.8 Å². The quantitative estimate of drug-likeness (QED) is 0.725. The molecule has 130 valence electrons. The molecule has 25 heavy (non-hydrogen) atoms. The number of carbonyl (C=O) groups excluding carboxylic acids is 1. The number of rotatable bonds is 4. The minimum absolute atomic E-state index is 0.0530. The standard InChI is InChI=1S/C21H25N3O/c1-14-9-10-19-18(12-14)16(3)20(24(19)5)21(25)23(4)15(2)13-17-8-6-7-11-22-17/h6-12,15H,13H2,1-5H3. The van der Waals surface area contributed by atoms with Crippen molar-refractivity contribution in [3.63, 3.8) is 0 Å². The van der Waals surface area contributed by atoms with Gasteiger partial charge in [-0.3, -0.25) is 9.78 Å². The van der Waals surface area contributed by atoms with Gasteiger partial charge in [0.15, 0.2) is 0 Å². The van der Waals surface area contributed by atoms with Crippen LogP contribution < -0.4 is 0 Å². The summed E-state index contributed by atoms with van der Waals surface area (Å²) in [7, 11) is 3.84. The average molecular weight is 335 g/mol. The molecule has 2 heterocycles. The van der Waals surface area contributed by atoms with Crippen LogP contribution in [-0.2, 0) is 13.5 Å². The number of amides is 1. The summed E-state index contributed by atoms with van der Waals surface area (Å²) in [4.78, 5) is 19.3. The highest BCUT2D eigenvalue weighted by molar-refractivity contribution is 6.01. The van der Waals surface area contributed by atoms with Crippen LogP contribution in [0.25, 0.3) is 10.9 Å². The third-order valence-corrected chi connectivity index (χ3v) is 5.02. The van der Waals surface area contributed by atoms with E-state index in [1.54, 1.807) is 6.20 Å². The first kappa shape index (κ1) is 17.2. The SMILES string of the molecule is Cc1ccc2c(c1)c(C)c(C(=O)N(C)C(C)Cc1ccccn1)n2C. The van der Waals surface area contributed by atoms with Gasteiger partial charge in [-0.2, -0.15) is 0 Å². The lowest BCUT2D eigenvalue weighted by atomic mass is 10.1. The molecule has 4 heteroatoms. The highest BCUT2D eigenvalue weighted by Crippen LogP contribution is 2.27. The number of benzene rings is 1. The maximum atomic E-state index is 13.2. The number of likely N-dealkylation sites (N-methyl/N-ethyl adjacent to an activating group) is 1. The average Bonchev–Trinajstić information content (AvgIpc) is 2.85. The van der Waals surface area contributed by atoms with Gasteiger partial charge >= 0.3 is 0 Å². The normalized spacial score (nSPS) is 12.4. The number of aromatic nitrogens is 2. The van der Waals surface area contributed by atoms with Gasteiger partial charge in [0.05, 0.1) is 0 Å². The van der Waals surface area contributed by atoms with Crippen LogP contribution in [0.3, 0.4) is 0 Å². The highest BCUT2D eigenvalue weighted by atomic mass is 16.2. The Kier molecular flexibility index (Phi) is 4.62. The van der Waals surface area contributed by atoms with Gasteiger partial charge in [0, 0.05) is 49.4 Å². The van der Waals surface area contributed by atoms with Crippen molar-refractivity contribution < 1.29 is 4.79 Å². The van der Waals surface area contributed by atoms with Gasteiger partial charge in [-0.15, -0.1) is 0 Å². The minimum atomic E-state index is 0.0530. The molecule has 3 aromatic rings. The van der Waals surface area contributed by atoms with Gasteiger partial charge in [0.25, 0.3) is 5.91 Å². The highest BCUT2D eigenvalue weighted by Gasteiger charge is 2.24. The van der Waals surface area contributed by atoms with E-state index in [9.17, 15) is 4.79 Å². The van der Waals surface area contributed by atoms with E-state index in [2.05, 4.69) is 37.0 Å². The molecule has 0 aliphatic carbocycles. The molecule has 0 aliphatic heterocycles. The predicted molar refractivity (Wildman–Crippen MR) is 102 cm³/mol. The summed E-state index contributed by atoms with van der Waals surface area (Å²) >= 11 is 0. The van der Waals surface area contributed by atoms with E-state index in [1.165, 1.54) is 5.56 Å². The largest absolute Gasteiger partial charge is 0.339 e. The van der Waals surface area contributed by atoms with Crippen LogP contribution >= 0.6 is 0 Å². The van der Waals surface area contributed by atoms with Crippen LogP contribution in [0.15, 0.2) is 42.6 Å². The van der Waals surface area contributed by atoms with Gasteiger partial charge in [0.1, 0.15) is 5.69 Å². The van der Waals surface area contributed by atoms with Crippen LogP contribution in [0.2, 0.25) is 0 Å². The van der Waals surface area contributed by atoms with Crippen molar-refractivity contribution in [1.29, 1.82) is 0 Å². The third kappa shape index (κ3) is 3.16. The van der Waals surface area contributed by atoms with Gasteiger partial charge in [0.2, 0.25) is 0 Å². The van der Waals surface area contributed by atoms with Gasteiger partial charge in [-0.05, 0) is 50.6 Å². The Hall–Kier alpha value is -2.62. The van der Waals surface area contributed by atoms with Gasteiger partial charge in [-0.1, -0.05) is 17.7 Å². The number of hydrogen-bond donors (Lipinski definition) is 0. The predicted octanol–water partition coefficient (Wildman–Crippen LogP) is 3.89. The van der Waals surface area contributed by atoms with Crippen molar-refractivity contribution in [3.05, 3.63) is 65.1 Å². The fraction of sp³-hybridized carbons (Fsp3) is 0.333. The van der Waals surface area contributed by atoms with Crippen LogP contribution in [0.1, 0.15) is 34.2 Å². The number of hydrogen-bond acceptors (Lipinski definition) is 2. The van der Waals surface area contributed by atoms with Crippen LogP contribution in [0, 0.1) is 13.8 Å². The van der Waals surface area contributed by atoms with Gasteiger partial charge < -0.3 is 9.47 Å². The van der Waals surface area contributed by atoms with E-state index < -0.39 is 0 Å². The van der Waals surface area contributed by atoms with E-state index in [0.717, 1.165) is 34.3 Å². The van der Waals surface area contributed by atoms with Crippen molar-refractivity contribution in [1.82, 2.24) is 14.5 Å². The Labute approximate surface area is 149 Å². The second-order valence-electron chi connectivity index (χ2n) is 6.84. The molecule has 0 radical (unpaired) electrons. The Morgan fingerprint density at radius 1 is 1.24 bits per heavy atom. The first-order chi connectivity index (χ1) is 11.9. The van der Waals surface area contributed by atoms with E-state index in [1.807, 2.05) is 48.7 Å². The summed E-state index contributed by atoms with van der Waals surface area (Å²) in [6.07, 6.45) is 2.53. The molecule has 0 bridgehead atoms. The molecule has 0 spiro atoms. The fourth-order valence-electron chi connectivity index (χ4n) is 3.37. The second-order valence-corrected chi connectivity index (χ2v) is 6.84.